The summed E-state index contributed by atoms with van der Waals surface area (Å²) in [6.07, 6.45) is 0.772. The Hall–Kier alpha value is -2.77. The van der Waals surface area contributed by atoms with Gasteiger partial charge in [0.05, 0.1) is 30.2 Å². The highest BCUT2D eigenvalue weighted by Gasteiger charge is 2.24. The van der Waals surface area contributed by atoms with E-state index < -0.39 is 0 Å². The third-order valence-electron chi connectivity index (χ3n) is 5.27. The highest BCUT2D eigenvalue weighted by atomic mass is 35.5. The zero-order chi connectivity index (χ0) is 23.5. The fourth-order valence-electron chi connectivity index (χ4n) is 3.77. The minimum absolute atomic E-state index is 0.0108. The fraction of sp³-hybridized carbons (Fsp3) is 0.375. The first-order valence-corrected chi connectivity index (χ1v) is 11.7. The molecule has 2 heterocycles. The molecule has 0 radical (unpaired) electrons. The summed E-state index contributed by atoms with van der Waals surface area (Å²) < 4.78 is 13.2. The molecule has 1 atom stereocenters. The van der Waals surface area contributed by atoms with Crippen LogP contribution < -0.4 is 14.8 Å². The fourth-order valence-corrected chi connectivity index (χ4v) is 4.11. The molecule has 4 rings (SSSR count). The van der Waals surface area contributed by atoms with Gasteiger partial charge in [0.2, 0.25) is 5.91 Å². The lowest BCUT2D eigenvalue weighted by Crippen LogP contribution is -2.33. The van der Waals surface area contributed by atoms with Crippen molar-refractivity contribution in [3.05, 3.63) is 57.8 Å². The number of fused-ring (bicyclic) bond motifs is 1. The van der Waals surface area contributed by atoms with Crippen molar-refractivity contribution >= 4 is 29.1 Å². The van der Waals surface area contributed by atoms with E-state index in [0.29, 0.717) is 47.0 Å². The zero-order valence-corrected chi connectivity index (χ0v) is 20.3. The summed E-state index contributed by atoms with van der Waals surface area (Å²) in [6, 6.07) is 10.7. The molecule has 174 valence electrons. The maximum Gasteiger partial charge on any atom is 0.228 e. The Kier molecular flexibility index (Phi) is 7.10. The third-order valence-corrected chi connectivity index (χ3v) is 5.81. The van der Waals surface area contributed by atoms with Gasteiger partial charge in [0.25, 0.3) is 0 Å². The van der Waals surface area contributed by atoms with Gasteiger partial charge in [0.15, 0.2) is 5.82 Å². The lowest BCUT2D eigenvalue weighted by Gasteiger charge is -2.26. The Morgan fingerprint density at radius 1 is 1.27 bits per heavy atom. The van der Waals surface area contributed by atoms with Crippen molar-refractivity contribution < 1.29 is 14.3 Å². The molecule has 33 heavy (non-hydrogen) atoms. The molecule has 0 saturated heterocycles. The van der Waals surface area contributed by atoms with E-state index >= 15 is 0 Å². The number of hydrogen-bond donors (Lipinski definition) is 1. The lowest BCUT2D eigenvalue weighted by atomic mass is 10.0. The van der Waals surface area contributed by atoms with Crippen LogP contribution in [-0.4, -0.2) is 33.4 Å². The van der Waals surface area contributed by atoms with Crippen molar-refractivity contribution in [2.75, 3.05) is 6.61 Å². The summed E-state index contributed by atoms with van der Waals surface area (Å²) in [5, 5.41) is 8.81. The van der Waals surface area contributed by atoms with Gasteiger partial charge < -0.3 is 14.8 Å². The number of nitrogens with zero attached hydrogens (tertiary/aromatic N) is 3. The second kappa shape index (κ2) is 10.0. The van der Waals surface area contributed by atoms with Gasteiger partial charge in [-0.05, 0) is 57.2 Å². The molecule has 1 aromatic heterocycles. The van der Waals surface area contributed by atoms with Crippen LogP contribution in [0, 0.1) is 0 Å². The zero-order valence-electron chi connectivity index (χ0n) is 18.8. The number of amides is 1. The Bertz CT molecular complexity index is 1160. The third kappa shape index (κ3) is 5.42. The predicted molar refractivity (Wildman–Crippen MR) is 128 cm³/mol. The van der Waals surface area contributed by atoms with E-state index in [1.54, 1.807) is 16.8 Å². The Morgan fingerprint density at radius 2 is 2.09 bits per heavy atom. The molecule has 0 bridgehead atoms. The van der Waals surface area contributed by atoms with Crippen molar-refractivity contribution in [2.24, 2.45) is 0 Å². The number of benzene rings is 2. The number of aromatic nitrogens is 3. The molecule has 0 fully saturated rings. The number of aryl methyl sites for hydroxylation is 1. The van der Waals surface area contributed by atoms with E-state index in [0.717, 1.165) is 16.9 Å². The number of halogens is 2. The average molecular weight is 489 g/mol. The van der Waals surface area contributed by atoms with Crippen LogP contribution in [0.4, 0.5) is 0 Å². The summed E-state index contributed by atoms with van der Waals surface area (Å²) >= 11 is 12.4. The first kappa shape index (κ1) is 23.4. The van der Waals surface area contributed by atoms with E-state index in [9.17, 15) is 4.79 Å². The Morgan fingerprint density at radius 3 is 2.85 bits per heavy atom. The quantitative estimate of drug-likeness (QED) is 0.491. The summed E-state index contributed by atoms with van der Waals surface area (Å²) in [6.45, 7) is 6.97. The molecule has 0 spiro atoms. The van der Waals surface area contributed by atoms with E-state index in [2.05, 4.69) is 15.4 Å². The molecule has 3 aromatic rings. The van der Waals surface area contributed by atoms with Crippen molar-refractivity contribution in [1.29, 1.82) is 0 Å². The lowest BCUT2D eigenvalue weighted by molar-refractivity contribution is -0.121. The van der Waals surface area contributed by atoms with Gasteiger partial charge in [-0.1, -0.05) is 23.2 Å². The van der Waals surface area contributed by atoms with Gasteiger partial charge >= 0.3 is 0 Å². The van der Waals surface area contributed by atoms with Gasteiger partial charge in [-0.3, -0.25) is 4.79 Å². The smallest absolute Gasteiger partial charge is 0.228 e. The number of carbonyl (C=O) groups is 1. The first-order valence-electron chi connectivity index (χ1n) is 11.0. The van der Waals surface area contributed by atoms with Crippen LogP contribution in [0.2, 0.25) is 10.0 Å². The number of carbonyl (C=O) groups excluding carboxylic acids is 1. The topological polar surface area (TPSA) is 78.3 Å². The number of hydrogen-bond acceptors (Lipinski definition) is 5. The van der Waals surface area contributed by atoms with Crippen molar-refractivity contribution in [3.63, 3.8) is 0 Å². The van der Waals surface area contributed by atoms with Crippen molar-refractivity contribution in [3.8, 4) is 22.9 Å². The number of ether oxygens (including phenoxy) is 2. The maximum absolute atomic E-state index is 12.9. The van der Waals surface area contributed by atoms with Gasteiger partial charge in [0, 0.05) is 29.1 Å². The molecule has 7 nitrogen and oxygen atoms in total. The molecule has 0 aliphatic carbocycles. The van der Waals surface area contributed by atoms with Crippen molar-refractivity contribution in [2.45, 2.75) is 52.3 Å². The molecule has 1 N–H and O–H groups in total. The second-order valence-corrected chi connectivity index (χ2v) is 8.94. The highest BCUT2D eigenvalue weighted by molar-refractivity contribution is 6.32. The largest absolute Gasteiger partial charge is 0.493 e. The van der Waals surface area contributed by atoms with E-state index in [1.807, 2.05) is 45.0 Å². The minimum atomic E-state index is -0.163. The van der Waals surface area contributed by atoms with Gasteiger partial charge in [0.1, 0.15) is 17.3 Å². The summed E-state index contributed by atoms with van der Waals surface area (Å²) in [7, 11) is 0. The van der Waals surface area contributed by atoms with Crippen LogP contribution in [0.25, 0.3) is 11.4 Å². The van der Waals surface area contributed by atoms with Crippen LogP contribution in [0.5, 0.6) is 11.5 Å². The van der Waals surface area contributed by atoms with E-state index in [4.69, 9.17) is 32.7 Å². The molecule has 2 aromatic carbocycles. The molecule has 0 saturated carbocycles. The highest BCUT2D eigenvalue weighted by Crippen LogP contribution is 2.34. The number of nitrogens with one attached hydrogen (secondary N) is 1. The van der Waals surface area contributed by atoms with Crippen LogP contribution in [0.15, 0.2) is 36.4 Å². The summed E-state index contributed by atoms with van der Waals surface area (Å²) in [4.78, 5) is 17.5. The van der Waals surface area contributed by atoms with Crippen LogP contribution >= 0.6 is 23.2 Å². The molecule has 1 aliphatic heterocycles. The molecule has 1 amide bonds. The average Bonchev–Trinajstić information content (AvgIpc) is 3.18. The molecule has 1 aliphatic rings. The van der Waals surface area contributed by atoms with Gasteiger partial charge in [-0.25, -0.2) is 9.67 Å². The molecular weight excluding hydrogens is 463 g/mol. The first-order chi connectivity index (χ1) is 15.8. The van der Waals surface area contributed by atoms with E-state index in [1.165, 1.54) is 0 Å². The van der Waals surface area contributed by atoms with Gasteiger partial charge in [-0.2, -0.15) is 5.10 Å². The second-order valence-electron chi connectivity index (χ2n) is 8.10. The Labute approximate surface area is 203 Å². The Balaban J connectivity index is 1.52. The van der Waals surface area contributed by atoms with Crippen LogP contribution in [0.3, 0.4) is 0 Å². The summed E-state index contributed by atoms with van der Waals surface area (Å²) in [5.41, 5.74) is 1.66. The molecule has 9 heteroatoms. The molecule has 0 unspecified atom stereocenters. The number of rotatable bonds is 7. The van der Waals surface area contributed by atoms with Crippen LogP contribution in [-0.2, 0) is 17.8 Å². The van der Waals surface area contributed by atoms with E-state index in [-0.39, 0.29) is 24.5 Å². The van der Waals surface area contributed by atoms with Crippen molar-refractivity contribution in [1.82, 2.24) is 20.1 Å². The predicted octanol–water partition coefficient (Wildman–Crippen LogP) is 5.24. The normalized spacial score (nSPS) is 15.2. The summed E-state index contributed by atoms with van der Waals surface area (Å²) in [5.74, 6) is 2.30. The van der Waals surface area contributed by atoms with Gasteiger partial charge in [-0.15, -0.1) is 0 Å². The monoisotopic (exact) mass is 488 g/mol. The minimum Gasteiger partial charge on any atom is -0.493 e. The standard InChI is InChI=1S/C24H26Cl2N4O3/c1-4-30-22(28-24(29-30)15-5-7-18(26)21(11-15)33-14(2)3)13-23(31)27-19-9-10-32-20-8-6-16(25)12-17(19)20/h5-8,11-12,14,19H,4,9-10,13H2,1-3H3,(H,27,31)/t19-/m1/s1. The SMILES string of the molecule is CCn1nc(-c2ccc(Cl)c(OC(C)C)c2)nc1CC(=O)N[C@@H]1CCOc2ccc(Cl)cc21. The molecular formula is C24H26Cl2N4O3. The van der Waals surface area contributed by atoms with Crippen LogP contribution in [0.1, 0.15) is 44.6 Å². The maximum atomic E-state index is 12.9.